The fourth-order valence-corrected chi connectivity index (χ4v) is 3.11. The summed E-state index contributed by atoms with van der Waals surface area (Å²) in [7, 11) is 3.77. The van der Waals surface area contributed by atoms with E-state index < -0.39 is 0 Å². The minimum atomic E-state index is 0.464. The molecule has 0 spiro atoms. The van der Waals surface area contributed by atoms with Crippen molar-refractivity contribution in [3.63, 3.8) is 0 Å². The summed E-state index contributed by atoms with van der Waals surface area (Å²) >= 11 is 0. The van der Waals surface area contributed by atoms with Gasteiger partial charge in [-0.2, -0.15) is 0 Å². The van der Waals surface area contributed by atoms with Crippen molar-refractivity contribution in [2.24, 2.45) is 0 Å². The lowest BCUT2D eigenvalue weighted by Gasteiger charge is -2.21. The molecule has 1 aromatic heterocycles. The number of aryl methyl sites for hydroxylation is 2. The first-order valence-electron chi connectivity index (χ1n) is 6.61. The molecule has 0 radical (unpaired) electrons. The molecule has 1 aliphatic rings. The van der Waals surface area contributed by atoms with E-state index in [1.54, 1.807) is 7.11 Å². The Morgan fingerprint density at radius 3 is 2.94 bits per heavy atom. The fraction of sp³-hybridized carbons (Fsp3) is 0.467. The van der Waals surface area contributed by atoms with Crippen LogP contribution in [0.3, 0.4) is 0 Å². The normalized spacial score (nSPS) is 18.9. The van der Waals surface area contributed by atoms with Crippen LogP contribution in [0.4, 0.5) is 0 Å². The third-order valence-electron chi connectivity index (χ3n) is 4.07. The predicted octanol–water partition coefficient (Wildman–Crippen LogP) is 3.08. The number of hydrogen-bond acceptors (Lipinski definition) is 2. The summed E-state index contributed by atoms with van der Waals surface area (Å²) in [6.45, 7) is 2.14. The van der Waals surface area contributed by atoms with Gasteiger partial charge in [-0.3, -0.25) is 0 Å². The number of benzene rings is 1. The molecule has 2 aromatic rings. The van der Waals surface area contributed by atoms with Crippen LogP contribution in [0.15, 0.2) is 12.1 Å². The van der Waals surface area contributed by atoms with Crippen molar-refractivity contribution in [1.29, 1.82) is 0 Å². The van der Waals surface area contributed by atoms with Gasteiger partial charge in [0.25, 0.3) is 0 Å². The van der Waals surface area contributed by atoms with Gasteiger partial charge < -0.3 is 15.0 Å². The van der Waals surface area contributed by atoms with Crippen molar-refractivity contribution < 1.29 is 4.74 Å². The van der Waals surface area contributed by atoms with Gasteiger partial charge in [0, 0.05) is 22.6 Å². The van der Waals surface area contributed by atoms with Crippen LogP contribution in [-0.4, -0.2) is 19.1 Å². The minimum Gasteiger partial charge on any atom is -0.497 e. The predicted molar refractivity (Wildman–Crippen MR) is 74.3 cm³/mol. The second-order valence-corrected chi connectivity index (χ2v) is 5.12. The van der Waals surface area contributed by atoms with Crippen molar-refractivity contribution in [3.8, 4) is 5.75 Å². The molecule has 0 amide bonds. The van der Waals surface area contributed by atoms with Crippen molar-refractivity contribution in [2.75, 3.05) is 14.2 Å². The van der Waals surface area contributed by atoms with E-state index in [0.717, 1.165) is 5.75 Å². The molecule has 2 N–H and O–H groups in total. The highest BCUT2D eigenvalue weighted by Gasteiger charge is 2.23. The standard InChI is InChI=1S/C15H20N2O/c1-9-7-10(18-3)8-12-11-5-4-6-13(16-2)15(11)17-14(9)12/h7-8,13,16-17H,4-6H2,1-3H3. The monoisotopic (exact) mass is 244 g/mol. The van der Waals surface area contributed by atoms with E-state index in [1.165, 1.54) is 47.0 Å². The minimum absolute atomic E-state index is 0.464. The molecule has 1 aliphatic carbocycles. The van der Waals surface area contributed by atoms with Gasteiger partial charge in [0.1, 0.15) is 5.75 Å². The SMILES string of the molecule is CNC1CCCc2c1[nH]c1c(C)cc(OC)cc21. The summed E-state index contributed by atoms with van der Waals surface area (Å²) in [5.41, 5.74) is 5.37. The Balaban J connectivity index is 2.26. The molecule has 0 saturated heterocycles. The van der Waals surface area contributed by atoms with Gasteiger partial charge in [-0.15, -0.1) is 0 Å². The molecule has 0 bridgehead atoms. The zero-order chi connectivity index (χ0) is 12.7. The molecular formula is C15H20N2O. The van der Waals surface area contributed by atoms with E-state index in [0.29, 0.717) is 6.04 Å². The van der Waals surface area contributed by atoms with E-state index in [1.807, 2.05) is 7.05 Å². The molecule has 18 heavy (non-hydrogen) atoms. The van der Waals surface area contributed by atoms with Crippen molar-refractivity contribution >= 4 is 10.9 Å². The highest BCUT2D eigenvalue weighted by atomic mass is 16.5. The molecule has 0 aliphatic heterocycles. The lowest BCUT2D eigenvalue weighted by atomic mass is 9.91. The van der Waals surface area contributed by atoms with Crippen molar-refractivity contribution in [3.05, 3.63) is 29.0 Å². The Labute approximate surface area is 108 Å². The van der Waals surface area contributed by atoms with Crippen LogP contribution < -0.4 is 10.1 Å². The molecule has 0 saturated carbocycles. The van der Waals surface area contributed by atoms with Crippen molar-refractivity contribution in [2.45, 2.75) is 32.2 Å². The first kappa shape index (κ1) is 11.6. The number of fused-ring (bicyclic) bond motifs is 3. The first-order valence-corrected chi connectivity index (χ1v) is 6.61. The van der Waals surface area contributed by atoms with Crippen LogP contribution in [0, 0.1) is 6.92 Å². The van der Waals surface area contributed by atoms with Gasteiger partial charge in [0.05, 0.1) is 7.11 Å². The van der Waals surface area contributed by atoms with Gasteiger partial charge >= 0.3 is 0 Å². The Kier molecular flexibility index (Phi) is 2.78. The third kappa shape index (κ3) is 1.62. The number of hydrogen-bond donors (Lipinski definition) is 2. The van der Waals surface area contributed by atoms with E-state index >= 15 is 0 Å². The maximum atomic E-state index is 5.39. The Hall–Kier alpha value is -1.48. The molecule has 3 nitrogen and oxygen atoms in total. The average molecular weight is 244 g/mol. The van der Waals surface area contributed by atoms with Gasteiger partial charge in [-0.1, -0.05) is 0 Å². The number of aromatic amines is 1. The number of rotatable bonds is 2. The van der Waals surface area contributed by atoms with Gasteiger partial charge in [-0.05, 0) is 56.5 Å². The Bertz CT molecular complexity index is 586. The molecule has 1 heterocycles. The number of ether oxygens (including phenoxy) is 1. The number of nitrogens with one attached hydrogen (secondary N) is 2. The number of methoxy groups -OCH3 is 1. The van der Waals surface area contributed by atoms with Crippen molar-refractivity contribution in [1.82, 2.24) is 10.3 Å². The van der Waals surface area contributed by atoms with Crippen LogP contribution in [0.25, 0.3) is 10.9 Å². The number of H-pyrrole nitrogens is 1. The van der Waals surface area contributed by atoms with Crippen LogP contribution in [-0.2, 0) is 6.42 Å². The molecule has 1 aromatic carbocycles. The quantitative estimate of drug-likeness (QED) is 0.851. The second-order valence-electron chi connectivity index (χ2n) is 5.12. The summed E-state index contributed by atoms with van der Waals surface area (Å²) in [6.07, 6.45) is 3.63. The summed E-state index contributed by atoms with van der Waals surface area (Å²) in [5.74, 6) is 0.952. The Morgan fingerprint density at radius 2 is 2.22 bits per heavy atom. The average Bonchev–Trinajstić information content (AvgIpc) is 2.78. The molecular weight excluding hydrogens is 224 g/mol. The van der Waals surface area contributed by atoms with Crippen LogP contribution in [0.1, 0.15) is 35.7 Å². The molecule has 3 rings (SSSR count). The summed E-state index contributed by atoms with van der Waals surface area (Å²) in [4.78, 5) is 3.62. The lowest BCUT2D eigenvalue weighted by molar-refractivity contribution is 0.415. The molecule has 1 atom stereocenters. The summed E-state index contributed by atoms with van der Waals surface area (Å²) in [6, 6.07) is 4.72. The van der Waals surface area contributed by atoms with Crippen LogP contribution >= 0.6 is 0 Å². The molecule has 0 fully saturated rings. The largest absolute Gasteiger partial charge is 0.497 e. The second kappa shape index (κ2) is 4.32. The highest BCUT2D eigenvalue weighted by molar-refractivity contribution is 5.89. The van der Waals surface area contributed by atoms with E-state index in [9.17, 15) is 0 Å². The first-order chi connectivity index (χ1) is 8.74. The smallest absolute Gasteiger partial charge is 0.119 e. The molecule has 96 valence electrons. The number of aromatic nitrogens is 1. The maximum Gasteiger partial charge on any atom is 0.119 e. The van der Waals surface area contributed by atoms with E-state index in [-0.39, 0.29) is 0 Å². The fourth-order valence-electron chi connectivity index (χ4n) is 3.11. The molecule has 1 unspecified atom stereocenters. The third-order valence-corrected chi connectivity index (χ3v) is 4.07. The van der Waals surface area contributed by atoms with Gasteiger partial charge in [0.15, 0.2) is 0 Å². The topological polar surface area (TPSA) is 37.0 Å². The van der Waals surface area contributed by atoms with Gasteiger partial charge in [0.2, 0.25) is 0 Å². The summed E-state index contributed by atoms with van der Waals surface area (Å²) < 4.78 is 5.39. The lowest BCUT2D eigenvalue weighted by Crippen LogP contribution is -2.21. The van der Waals surface area contributed by atoms with E-state index in [2.05, 4.69) is 29.4 Å². The zero-order valence-electron chi connectivity index (χ0n) is 11.3. The maximum absolute atomic E-state index is 5.39. The van der Waals surface area contributed by atoms with Gasteiger partial charge in [-0.25, -0.2) is 0 Å². The highest BCUT2D eigenvalue weighted by Crippen LogP contribution is 2.37. The van der Waals surface area contributed by atoms with Crippen LogP contribution in [0.2, 0.25) is 0 Å². The summed E-state index contributed by atoms with van der Waals surface area (Å²) in [5, 5.41) is 4.74. The Morgan fingerprint density at radius 1 is 1.39 bits per heavy atom. The van der Waals surface area contributed by atoms with E-state index in [4.69, 9.17) is 4.74 Å². The zero-order valence-corrected chi connectivity index (χ0v) is 11.3. The molecule has 3 heteroatoms. The van der Waals surface area contributed by atoms with Crippen LogP contribution in [0.5, 0.6) is 5.75 Å².